The summed E-state index contributed by atoms with van der Waals surface area (Å²) in [6.45, 7) is 10.2. The van der Waals surface area contributed by atoms with Crippen LogP contribution in [0.25, 0.3) is 0 Å². The zero-order chi connectivity index (χ0) is 18.4. The Bertz CT molecular complexity index is 574. The summed E-state index contributed by atoms with van der Waals surface area (Å²) < 4.78 is 19.3. The Hall–Kier alpha value is -1.50. The summed E-state index contributed by atoms with van der Waals surface area (Å²) in [6.07, 6.45) is 0. The van der Waals surface area contributed by atoms with Crippen molar-refractivity contribution in [3.05, 3.63) is 35.6 Å². The molecule has 0 aliphatic carbocycles. The summed E-state index contributed by atoms with van der Waals surface area (Å²) in [7, 11) is 1.84. The molecule has 1 atom stereocenters. The van der Waals surface area contributed by atoms with Crippen molar-refractivity contribution < 1.29 is 13.9 Å². The van der Waals surface area contributed by atoms with Gasteiger partial charge in [0.25, 0.3) is 0 Å². The van der Waals surface area contributed by atoms with E-state index in [9.17, 15) is 9.18 Å². The second kappa shape index (κ2) is 8.74. The van der Waals surface area contributed by atoms with Gasteiger partial charge in [-0.05, 0) is 33.9 Å². The van der Waals surface area contributed by atoms with Gasteiger partial charge in [-0.3, -0.25) is 14.6 Å². The van der Waals surface area contributed by atoms with E-state index in [2.05, 4.69) is 24.1 Å². The molecule has 2 rings (SSSR count). The highest BCUT2D eigenvalue weighted by Crippen LogP contribution is 2.21. The number of hydrogen-bond acceptors (Lipinski definition) is 4. The van der Waals surface area contributed by atoms with Crippen LogP contribution in [0.1, 0.15) is 32.4 Å². The number of amides is 1. The average molecular weight is 351 g/mol. The van der Waals surface area contributed by atoms with Gasteiger partial charge in [0.05, 0.1) is 19.8 Å². The predicted octanol–water partition coefficient (Wildman–Crippen LogP) is 2.05. The zero-order valence-corrected chi connectivity index (χ0v) is 15.7. The maximum atomic E-state index is 13.9. The molecule has 1 heterocycles. The molecular weight excluding hydrogens is 321 g/mol. The molecule has 1 N–H and O–H groups in total. The summed E-state index contributed by atoms with van der Waals surface area (Å²) in [5, 5.41) is 3.02. The summed E-state index contributed by atoms with van der Waals surface area (Å²) in [4.78, 5) is 16.5. The molecule has 1 saturated heterocycles. The van der Waals surface area contributed by atoms with Gasteiger partial charge >= 0.3 is 0 Å². The summed E-state index contributed by atoms with van der Waals surface area (Å²) in [5.74, 6) is -0.289. The van der Waals surface area contributed by atoms with E-state index >= 15 is 0 Å². The van der Waals surface area contributed by atoms with E-state index in [-0.39, 0.29) is 29.8 Å². The van der Waals surface area contributed by atoms with Crippen LogP contribution in [0.3, 0.4) is 0 Å². The van der Waals surface area contributed by atoms with Gasteiger partial charge in [0, 0.05) is 36.8 Å². The average Bonchev–Trinajstić information content (AvgIpc) is 2.60. The topological polar surface area (TPSA) is 44.8 Å². The molecule has 1 aromatic carbocycles. The van der Waals surface area contributed by atoms with Crippen molar-refractivity contribution in [3.63, 3.8) is 0 Å². The van der Waals surface area contributed by atoms with Crippen LogP contribution in [0.2, 0.25) is 0 Å². The number of likely N-dealkylation sites (N-methyl/N-ethyl adjacent to an activating group) is 1. The number of nitrogens with zero attached hydrogens (tertiary/aromatic N) is 2. The highest BCUT2D eigenvalue weighted by Gasteiger charge is 2.28. The van der Waals surface area contributed by atoms with Crippen LogP contribution in [0.4, 0.5) is 4.39 Å². The lowest BCUT2D eigenvalue weighted by Crippen LogP contribution is -2.56. The number of carbonyl (C=O) groups is 1. The number of nitrogens with one attached hydrogen (secondary N) is 1. The molecule has 1 aliphatic rings. The van der Waals surface area contributed by atoms with Crippen molar-refractivity contribution in [3.8, 4) is 0 Å². The molecule has 0 bridgehead atoms. The third-order valence-corrected chi connectivity index (χ3v) is 4.99. The standard InChI is InChI=1S/C19H30FN3O2/c1-15(16-7-5-6-8-17(16)20)22(4)13-18(24)21-14-19(2,3)23-9-11-25-12-10-23/h5-8,15H,9-14H2,1-4H3,(H,21,24). The SMILES string of the molecule is CC(c1ccccc1F)N(C)CC(=O)NCC(C)(C)N1CCOCC1. The van der Waals surface area contributed by atoms with Gasteiger partial charge in [0.2, 0.25) is 5.91 Å². The molecule has 25 heavy (non-hydrogen) atoms. The fraction of sp³-hybridized carbons (Fsp3) is 0.632. The first-order valence-corrected chi connectivity index (χ1v) is 8.85. The quantitative estimate of drug-likeness (QED) is 0.817. The van der Waals surface area contributed by atoms with Crippen molar-refractivity contribution in [1.82, 2.24) is 15.1 Å². The van der Waals surface area contributed by atoms with E-state index < -0.39 is 0 Å². The van der Waals surface area contributed by atoms with E-state index in [1.807, 2.05) is 24.9 Å². The lowest BCUT2D eigenvalue weighted by Gasteiger charge is -2.41. The minimum atomic E-state index is -0.240. The number of benzene rings is 1. The van der Waals surface area contributed by atoms with Crippen LogP contribution >= 0.6 is 0 Å². The molecule has 1 fully saturated rings. The summed E-state index contributed by atoms with van der Waals surface area (Å²) >= 11 is 0. The molecule has 6 heteroatoms. The Kier molecular flexibility index (Phi) is 6.93. The Morgan fingerprint density at radius 1 is 1.36 bits per heavy atom. The fourth-order valence-electron chi connectivity index (χ4n) is 3.07. The highest BCUT2D eigenvalue weighted by atomic mass is 19.1. The van der Waals surface area contributed by atoms with Gasteiger partial charge < -0.3 is 10.1 Å². The van der Waals surface area contributed by atoms with E-state index in [4.69, 9.17) is 4.74 Å². The van der Waals surface area contributed by atoms with E-state index in [0.717, 1.165) is 26.3 Å². The smallest absolute Gasteiger partial charge is 0.234 e. The second-order valence-corrected chi connectivity index (χ2v) is 7.30. The minimum Gasteiger partial charge on any atom is -0.379 e. The number of carbonyl (C=O) groups excluding carboxylic acids is 1. The number of halogens is 1. The maximum absolute atomic E-state index is 13.9. The summed E-state index contributed by atoms with van der Waals surface area (Å²) in [6, 6.07) is 6.53. The fourth-order valence-corrected chi connectivity index (χ4v) is 3.07. The Labute approximate surface area is 150 Å². The lowest BCUT2D eigenvalue weighted by molar-refractivity contribution is -0.123. The van der Waals surface area contributed by atoms with Crippen LogP contribution in [0, 0.1) is 5.82 Å². The molecule has 1 unspecified atom stereocenters. The number of morpholine rings is 1. The third-order valence-electron chi connectivity index (χ3n) is 4.99. The first kappa shape index (κ1) is 19.8. The monoisotopic (exact) mass is 351 g/mol. The third kappa shape index (κ3) is 5.49. The van der Waals surface area contributed by atoms with Gasteiger partial charge in [-0.1, -0.05) is 18.2 Å². The second-order valence-electron chi connectivity index (χ2n) is 7.30. The lowest BCUT2D eigenvalue weighted by atomic mass is 10.0. The molecule has 0 aromatic heterocycles. The number of rotatable bonds is 7. The Morgan fingerprint density at radius 2 is 2.00 bits per heavy atom. The van der Waals surface area contributed by atoms with E-state index in [0.29, 0.717) is 12.1 Å². The van der Waals surface area contributed by atoms with Crippen LogP contribution in [0.5, 0.6) is 0 Å². The Balaban J connectivity index is 1.84. The van der Waals surface area contributed by atoms with Crippen LogP contribution in [0.15, 0.2) is 24.3 Å². The molecular formula is C19H30FN3O2. The molecule has 1 aromatic rings. The number of ether oxygens (including phenoxy) is 1. The van der Waals surface area contributed by atoms with Gasteiger partial charge in [0.1, 0.15) is 5.82 Å². The predicted molar refractivity (Wildman–Crippen MR) is 96.9 cm³/mol. The minimum absolute atomic E-state index is 0.0491. The van der Waals surface area contributed by atoms with Crippen molar-refractivity contribution in [2.45, 2.75) is 32.4 Å². The molecule has 0 saturated carbocycles. The van der Waals surface area contributed by atoms with Crippen molar-refractivity contribution in [2.24, 2.45) is 0 Å². The van der Waals surface area contributed by atoms with Crippen molar-refractivity contribution >= 4 is 5.91 Å². The van der Waals surface area contributed by atoms with Gasteiger partial charge in [-0.2, -0.15) is 0 Å². The molecule has 5 nitrogen and oxygen atoms in total. The van der Waals surface area contributed by atoms with Gasteiger partial charge in [-0.15, -0.1) is 0 Å². The molecule has 1 aliphatic heterocycles. The van der Waals surface area contributed by atoms with Crippen LogP contribution < -0.4 is 5.32 Å². The highest BCUT2D eigenvalue weighted by molar-refractivity contribution is 5.78. The molecule has 0 radical (unpaired) electrons. The first-order chi connectivity index (χ1) is 11.8. The number of hydrogen-bond donors (Lipinski definition) is 1. The summed E-state index contributed by atoms with van der Waals surface area (Å²) in [5.41, 5.74) is 0.487. The van der Waals surface area contributed by atoms with E-state index in [1.165, 1.54) is 6.07 Å². The zero-order valence-electron chi connectivity index (χ0n) is 15.7. The normalized spacial score (nSPS) is 17.5. The first-order valence-electron chi connectivity index (χ1n) is 8.85. The molecule has 1 amide bonds. The van der Waals surface area contributed by atoms with Crippen molar-refractivity contribution in [1.29, 1.82) is 0 Å². The largest absolute Gasteiger partial charge is 0.379 e. The van der Waals surface area contributed by atoms with Crippen molar-refractivity contribution in [2.75, 3.05) is 46.4 Å². The Morgan fingerprint density at radius 3 is 2.64 bits per heavy atom. The van der Waals surface area contributed by atoms with E-state index in [1.54, 1.807) is 12.1 Å². The van der Waals surface area contributed by atoms with Gasteiger partial charge in [-0.25, -0.2) is 4.39 Å². The molecule has 0 spiro atoms. The van der Waals surface area contributed by atoms with Crippen LogP contribution in [-0.2, 0) is 9.53 Å². The van der Waals surface area contributed by atoms with Crippen LogP contribution in [-0.4, -0.2) is 67.7 Å². The van der Waals surface area contributed by atoms with Gasteiger partial charge in [0.15, 0.2) is 0 Å². The maximum Gasteiger partial charge on any atom is 0.234 e. The molecule has 140 valence electrons.